The van der Waals surface area contributed by atoms with Gasteiger partial charge in [-0.3, -0.25) is 14.5 Å². The number of unbranched alkanes of at least 4 members (excludes halogenated alkanes) is 9. The van der Waals surface area contributed by atoms with Crippen LogP contribution in [0.15, 0.2) is 12.1 Å². The SMILES string of the molecule is CCCCCCCCCCCCSC1CC2CC1C1C(=O)N(c3cc(C(C)(C)C)c(O)c(C(C)(C)C)c3)C(=O)C21. The zero-order chi connectivity index (χ0) is 29.2. The largest absolute Gasteiger partial charge is 0.507 e. The molecule has 1 saturated heterocycles. The van der Waals surface area contributed by atoms with E-state index in [0.717, 1.165) is 24.0 Å². The lowest BCUT2D eigenvalue weighted by Crippen LogP contribution is -2.34. The highest BCUT2D eigenvalue weighted by Gasteiger charge is 2.64. The summed E-state index contributed by atoms with van der Waals surface area (Å²) in [6.45, 7) is 14.7. The van der Waals surface area contributed by atoms with Gasteiger partial charge in [0, 0.05) is 16.4 Å². The Bertz CT molecular complexity index is 1020. The summed E-state index contributed by atoms with van der Waals surface area (Å²) in [6, 6.07) is 3.78. The topological polar surface area (TPSA) is 57.6 Å². The number of imide groups is 1. The smallest absolute Gasteiger partial charge is 0.238 e. The maximum atomic E-state index is 13.9. The van der Waals surface area contributed by atoms with Crippen LogP contribution in [0.2, 0.25) is 0 Å². The molecule has 4 nitrogen and oxygen atoms in total. The van der Waals surface area contributed by atoms with Crippen LogP contribution in [0, 0.1) is 23.7 Å². The third-order valence-corrected chi connectivity index (χ3v) is 11.2. The van der Waals surface area contributed by atoms with Crippen molar-refractivity contribution in [2.45, 2.75) is 142 Å². The number of nitrogens with zero attached hydrogens (tertiary/aromatic N) is 1. The van der Waals surface area contributed by atoms with Crippen molar-refractivity contribution in [1.82, 2.24) is 0 Å². The second kappa shape index (κ2) is 12.8. The van der Waals surface area contributed by atoms with Crippen molar-refractivity contribution in [1.29, 1.82) is 0 Å². The fourth-order valence-corrected chi connectivity index (χ4v) is 9.15. The Labute approximate surface area is 248 Å². The molecule has 5 unspecified atom stereocenters. The van der Waals surface area contributed by atoms with Gasteiger partial charge < -0.3 is 5.11 Å². The standard InChI is InChI=1S/C35H55NO3S/c1-8-9-10-11-12-13-14-15-16-17-18-40-28-20-23-19-25(28)30-29(23)32(38)36(33(30)39)24-21-26(34(2,3)4)31(37)27(22-24)35(5,6)7/h21-23,25,28-30,37H,8-20H2,1-7H3. The highest BCUT2D eigenvalue weighted by Crippen LogP contribution is 2.60. The van der Waals surface area contributed by atoms with Crippen molar-refractivity contribution in [2.75, 3.05) is 10.7 Å². The Morgan fingerprint density at radius 1 is 0.775 bits per heavy atom. The first-order chi connectivity index (χ1) is 18.9. The van der Waals surface area contributed by atoms with Crippen molar-refractivity contribution in [3.8, 4) is 5.75 Å². The minimum atomic E-state index is -0.308. The van der Waals surface area contributed by atoms with Gasteiger partial charge >= 0.3 is 0 Å². The van der Waals surface area contributed by atoms with E-state index in [-0.39, 0.29) is 40.2 Å². The summed E-state index contributed by atoms with van der Waals surface area (Å²) < 4.78 is 0. The normalized spacial score (nSPS) is 26.3. The van der Waals surface area contributed by atoms with E-state index in [1.807, 2.05) is 12.1 Å². The average molecular weight is 570 g/mol. The summed E-state index contributed by atoms with van der Waals surface area (Å²) in [5.74, 6) is 1.79. The number of hydrogen-bond acceptors (Lipinski definition) is 4. The maximum absolute atomic E-state index is 13.9. The number of phenols is 1. The van der Waals surface area contributed by atoms with Crippen LogP contribution >= 0.6 is 11.8 Å². The average Bonchev–Trinajstić information content (AvgIpc) is 3.52. The molecular formula is C35H55NO3S. The summed E-state index contributed by atoms with van der Waals surface area (Å²) in [5, 5.41) is 11.7. The quantitative estimate of drug-likeness (QED) is 0.190. The molecule has 0 spiro atoms. The second-order valence-electron chi connectivity index (χ2n) is 14.9. The van der Waals surface area contributed by atoms with Crippen molar-refractivity contribution in [3.05, 3.63) is 23.3 Å². The number of hydrogen-bond donors (Lipinski definition) is 1. The zero-order valence-electron chi connectivity index (χ0n) is 26.4. The molecule has 1 aliphatic heterocycles. The Hall–Kier alpha value is -1.49. The maximum Gasteiger partial charge on any atom is 0.238 e. The van der Waals surface area contributed by atoms with Crippen molar-refractivity contribution in [3.63, 3.8) is 0 Å². The Kier molecular flexibility index (Phi) is 10.1. The Morgan fingerprint density at radius 2 is 1.27 bits per heavy atom. The Balaban J connectivity index is 1.36. The number of fused-ring (bicyclic) bond motifs is 5. The molecule has 1 heterocycles. The van der Waals surface area contributed by atoms with Crippen LogP contribution in [0.1, 0.15) is 137 Å². The molecule has 224 valence electrons. The predicted octanol–water partition coefficient (Wildman–Crippen LogP) is 9.16. The third-order valence-electron chi connectivity index (χ3n) is 9.75. The summed E-state index contributed by atoms with van der Waals surface area (Å²) >= 11 is 2.07. The lowest BCUT2D eigenvalue weighted by Gasteiger charge is -2.30. The molecule has 5 heteroatoms. The summed E-state index contributed by atoms with van der Waals surface area (Å²) in [4.78, 5) is 29.2. The predicted molar refractivity (Wildman–Crippen MR) is 169 cm³/mol. The van der Waals surface area contributed by atoms with Crippen LogP contribution in [0.4, 0.5) is 5.69 Å². The fraction of sp³-hybridized carbons (Fsp3) is 0.771. The highest BCUT2D eigenvalue weighted by molar-refractivity contribution is 7.99. The van der Waals surface area contributed by atoms with Gasteiger partial charge in [-0.1, -0.05) is 106 Å². The van der Waals surface area contributed by atoms with E-state index in [0.29, 0.717) is 22.8 Å². The van der Waals surface area contributed by atoms with Gasteiger partial charge in [-0.15, -0.1) is 0 Å². The number of amides is 2. The molecule has 2 amide bonds. The number of carbonyl (C=O) groups excluding carboxylic acids is 2. The molecule has 2 saturated carbocycles. The van der Waals surface area contributed by atoms with Crippen LogP contribution in [0.25, 0.3) is 0 Å². The Morgan fingerprint density at radius 3 is 1.80 bits per heavy atom. The number of rotatable bonds is 13. The molecule has 3 aliphatic rings. The van der Waals surface area contributed by atoms with Crippen LogP contribution in [-0.2, 0) is 20.4 Å². The number of thioether (sulfide) groups is 1. The van der Waals surface area contributed by atoms with E-state index in [4.69, 9.17) is 0 Å². The van der Waals surface area contributed by atoms with Crippen molar-refractivity contribution in [2.24, 2.45) is 23.7 Å². The molecule has 1 aromatic carbocycles. The van der Waals surface area contributed by atoms with Gasteiger partial charge in [0.25, 0.3) is 0 Å². The fourth-order valence-electron chi connectivity index (χ4n) is 7.56. The lowest BCUT2D eigenvalue weighted by atomic mass is 9.79. The van der Waals surface area contributed by atoms with E-state index >= 15 is 0 Å². The second-order valence-corrected chi connectivity index (χ2v) is 16.3. The van der Waals surface area contributed by atoms with Crippen LogP contribution in [-0.4, -0.2) is 27.9 Å². The van der Waals surface area contributed by atoms with Gasteiger partial charge in [0.05, 0.1) is 17.5 Å². The number of carbonyl (C=O) groups is 2. The van der Waals surface area contributed by atoms with Crippen molar-refractivity contribution >= 4 is 29.3 Å². The van der Waals surface area contributed by atoms with Gasteiger partial charge in [0.1, 0.15) is 5.75 Å². The minimum Gasteiger partial charge on any atom is -0.507 e. The van der Waals surface area contributed by atoms with Gasteiger partial charge in [0.2, 0.25) is 11.8 Å². The van der Waals surface area contributed by atoms with E-state index in [1.165, 1.54) is 74.9 Å². The van der Waals surface area contributed by atoms with Gasteiger partial charge in [-0.05, 0) is 59.8 Å². The first-order valence-electron chi connectivity index (χ1n) is 16.2. The summed E-state index contributed by atoms with van der Waals surface area (Å²) in [7, 11) is 0. The van der Waals surface area contributed by atoms with Crippen LogP contribution < -0.4 is 4.90 Å². The molecule has 4 rings (SSSR count). The summed E-state index contributed by atoms with van der Waals surface area (Å²) in [5.41, 5.74) is 1.61. The number of phenolic OH excluding ortho intramolecular Hbond substituents is 1. The van der Waals surface area contributed by atoms with E-state index in [9.17, 15) is 14.7 Å². The highest BCUT2D eigenvalue weighted by atomic mass is 32.2. The summed E-state index contributed by atoms with van der Waals surface area (Å²) in [6.07, 6.45) is 15.7. The molecular weight excluding hydrogens is 514 g/mol. The lowest BCUT2D eigenvalue weighted by molar-refractivity contribution is -0.123. The number of anilines is 1. The molecule has 3 fully saturated rings. The molecule has 0 aromatic heterocycles. The monoisotopic (exact) mass is 569 g/mol. The molecule has 1 N–H and O–H groups in total. The van der Waals surface area contributed by atoms with Crippen molar-refractivity contribution < 1.29 is 14.7 Å². The van der Waals surface area contributed by atoms with E-state index in [1.54, 1.807) is 0 Å². The number of aromatic hydroxyl groups is 1. The van der Waals surface area contributed by atoms with Crippen LogP contribution in [0.5, 0.6) is 5.75 Å². The van der Waals surface area contributed by atoms with E-state index < -0.39 is 0 Å². The zero-order valence-corrected chi connectivity index (χ0v) is 27.2. The van der Waals surface area contributed by atoms with Gasteiger partial charge in [-0.2, -0.15) is 11.8 Å². The molecule has 2 aliphatic carbocycles. The molecule has 5 atom stereocenters. The van der Waals surface area contributed by atoms with Crippen LogP contribution in [0.3, 0.4) is 0 Å². The minimum absolute atomic E-state index is 0.00264. The van der Waals surface area contributed by atoms with Gasteiger partial charge in [0.15, 0.2) is 0 Å². The third kappa shape index (κ3) is 6.60. The first kappa shape index (κ1) is 31.4. The van der Waals surface area contributed by atoms with E-state index in [2.05, 4.69) is 60.2 Å². The molecule has 1 aromatic rings. The first-order valence-corrected chi connectivity index (χ1v) is 17.3. The molecule has 40 heavy (non-hydrogen) atoms. The number of benzene rings is 1. The molecule has 2 bridgehead atoms. The molecule has 0 radical (unpaired) electrons. The van der Waals surface area contributed by atoms with Gasteiger partial charge in [-0.25, -0.2) is 0 Å².